The largest absolute Gasteiger partial charge is 0.299 e. The van der Waals surface area contributed by atoms with Crippen LogP contribution >= 0.6 is 11.6 Å². The first-order valence-corrected chi connectivity index (χ1v) is 4.67. The molecule has 0 amide bonds. The summed E-state index contributed by atoms with van der Waals surface area (Å²) >= 11 is 5.72. The maximum Gasteiger partial charge on any atom is 0.252 e. The Kier molecular flexibility index (Phi) is 2.60. The van der Waals surface area contributed by atoms with Crippen LogP contribution in [0.2, 0.25) is 5.15 Å². The van der Waals surface area contributed by atoms with Crippen molar-refractivity contribution < 1.29 is 0 Å². The van der Waals surface area contributed by atoms with Gasteiger partial charge in [-0.25, -0.2) is 10.4 Å². The number of nitrogens with one attached hydrogen (secondary N) is 1. The third-order valence-electron chi connectivity index (χ3n) is 1.92. The lowest BCUT2D eigenvalue weighted by atomic mass is 10.4. The van der Waals surface area contributed by atoms with Crippen molar-refractivity contribution in [2.45, 2.75) is 6.42 Å². The van der Waals surface area contributed by atoms with Gasteiger partial charge in [0.05, 0.1) is 0 Å². The fraction of sp³-hybridized carbons (Fsp3) is 0.375. The Labute approximate surface area is 86.8 Å². The van der Waals surface area contributed by atoms with E-state index in [2.05, 4.69) is 20.4 Å². The van der Waals surface area contributed by atoms with Crippen LogP contribution in [0.25, 0.3) is 0 Å². The summed E-state index contributed by atoms with van der Waals surface area (Å²) < 4.78 is 0. The summed E-state index contributed by atoms with van der Waals surface area (Å²) in [5.74, 6) is 1.33. The van der Waals surface area contributed by atoms with Gasteiger partial charge in [0.2, 0.25) is 0 Å². The number of rotatable bonds is 1. The maximum atomic E-state index is 5.72. The lowest BCUT2D eigenvalue weighted by molar-refractivity contribution is 0.418. The molecule has 1 fully saturated rings. The number of hydrogen-bond donors (Lipinski definition) is 1. The second-order valence-electron chi connectivity index (χ2n) is 2.92. The van der Waals surface area contributed by atoms with E-state index in [1.54, 1.807) is 12.3 Å². The molecule has 2 rings (SSSR count). The van der Waals surface area contributed by atoms with Crippen LogP contribution in [0.4, 0.5) is 5.95 Å². The minimum atomic E-state index is 0.406. The van der Waals surface area contributed by atoms with Crippen LogP contribution in [-0.2, 0) is 0 Å². The third kappa shape index (κ3) is 2.00. The Balaban J connectivity index is 2.24. The number of aliphatic imine (C=N–C) groups is 1. The molecule has 0 radical (unpaired) electrons. The van der Waals surface area contributed by atoms with Crippen LogP contribution in [0.3, 0.4) is 0 Å². The maximum absolute atomic E-state index is 5.72. The van der Waals surface area contributed by atoms with Gasteiger partial charge in [-0.05, 0) is 6.07 Å². The topological polar surface area (TPSA) is 53.4 Å². The van der Waals surface area contributed by atoms with Gasteiger partial charge in [-0.1, -0.05) is 11.6 Å². The van der Waals surface area contributed by atoms with Gasteiger partial charge in [0.1, 0.15) is 11.0 Å². The molecule has 0 atom stereocenters. The summed E-state index contributed by atoms with van der Waals surface area (Å²) in [5.41, 5.74) is 3.12. The Bertz CT molecular complexity index is 365. The standard InChI is InChI=1S/C8H10ClN5/c1-14-7(3-5-11-14)13-8-10-4-2-6(9)12-8/h2,4,11H,3,5H2,1H3. The van der Waals surface area contributed by atoms with E-state index in [0.29, 0.717) is 11.1 Å². The van der Waals surface area contributed by atoms with Crippen molar-refractivity contribution in [3.8, 4) is 0 Å². The Hall–Kier alpha value is -1.20. The van der Waals surface area contributed by atoms with E-state index in [9.17, 15) is 0 Å². The highest BCUT2D eigenvalue weighted by atomic mass is 35.5. The molecule has 74 valence electrons. The van der Waals surface area contributed by atoms with E-state index in [-0.39, 0.29) is 0 Å². The summed E-state index contributed by atoms with van der Waals surface area (Å²) in [4.78, 5) is 12.3. The van der Waals surface area contributed by atoms with Gasteiger partial charge in [0, 0.05) is 26.2 Å². The molecule has 0 bridgehead atoms. The highest BCUT2D eigenvalue weighted by molar-refractivity contribution is 6.29. The zero-order valence-electron chi connectivity index (χ0n) is 7.74. The molecule has 2 heterocycles. The summed E-state index contributed by atoms with van der Waals surface area (Å²) in [6.07, 6.45) is 2.48. The van der Waals surface area contributed by atoms with E-state index in [0.717, 1.165) is 18.8 Å². The number of amidine groups is 1. The summed E-state index contributed by atoms with van der Waals surface area (Å²) in [7, 11) is 1.91. The molecule has 1 aliphatic rings. The van der Waals surface area contributed by atoms with Crippen LogP contribution in [0.15, 0.2) is 17.3 Å². The SMILES string of the molecule is CN1NCCC1=Nc1nccc(Cl)n1. The Morgan fingerprint density at radius 3 is 3.14 bits per heavy atom. The Morgan fingerprint density at radius 2 is 2.50 bits per heavy atom. The first-order chi connectivity index (χ1) is 6.75. The molecule has 1 aliphatic heterocycles. The van der Waals surface area contributed by atoms with Gasteiger partial charge in [-0.3, -0.25) is 5.01 Å². The quantitative estimate of drug-likeness (QED) is 0.705. The van der Waals surface area contributed by atoms with Crippen LogP contribution < -0.4 is 5.43 Å². The lowest BCUT2D eigenvalue weighted by Crippen LogP contribution is -2.29. The first kappa shape index (κ1) is 9.36. The number of aromatic nitrogens is 2. The van der Waals surface area contributed by atoms with E-state index in [1.165, 1.54) is 0 Å². The minimum Gasteiger partial charge on any atom is -0.299 e. The Morgan fingerprint density at radius 1 is 1.64 bits per heavy atom. The van der Waals surface area contributed by atoms with Crippen molar-refractivity contribution in [2.75, 3.05) is 13.6 Å². The summed E-state index contributed by atoms with van der Waals surface area (Å²) in [5, 5.41) is 2.28. The fourth-order valence-electron chi connectivity index (χ4n) is 1.22. The predicted octanol–water partition coefficient (Wildman–Crippen LogP) is 1.00. The first-order valence-electron chi connectivity index (χ1n) is 4.29. The highest BCUT2D eigenvalue weighted by Gasteiger charge is 2.13. The van der Waals surface area contributed by atoms with Crippen LogP contribution in [0.1, 0.15) is 6.42 Å². The molecule has 1 N–H and O–H groups in total. The van der Waals surface area contributed by atoms with E-state index < -0.39 is 0 Å². The monoisotopic (exact) mass is 211 g/mol. The zero-order valence-corrected chi connectivity index (χ0v) is 8.49. The van der Waals surface area contributed by atoms with E-state index in [1.807, 2.05) is 12.1 Å². The van der Waals surface area contributed by atoms with Gasteiger partial charge >= 0.3 is 0 Å². The van der Waals surface area contributed by atoms with Crippen molar-refractivity contribution in [2.24, 2.45) is 4.99 Å². The molecule has 14 heavy (non-hydrogen) atoms. The number of nitrogens with zero attached hydrogens (tertiary/aromatic N) is 4. The second-order valence-corrected chi connectivity index (χ2v) is 3.31. The normalized spacial score (nSPS) is 19.3. The van der Waals surface area contributed by atoms with Crippen LogP contribution in [0, 0.1) is 0 Å². The molecule has 0 unspecified atom stereocenters. The van der Waals surface area contributed by atoms with E-state index >= 15 is 0 Å². The predicted molar refractivity (Wildman–Crippen MR) is 54.5 cm³/mol. The number of halogens is 1. The molecule has 5 nitrogen and oxygen atoms in total. The van der Waals surface area contributed by atoms with Crippen molar-refractivity contribution >= 4 is 23.4 Å². The average Bonchev–Trinajstić information content (AvgIpc) is 2.52. The molecule has 1 aromatic rings. The summed E-state index contributed by atoms with van der Waals surface area (Å²) in [6, 6.07) is 1.63. The van der Waals surface area contributed by atoms with Gasteiger partial charge in [0.15, 0.2) is 0 Å². The lowest BCUT2D eigenvalue weighted by Gasteiger charge is -2.10. The molecular weight excluding hydrogens is 202 g/mol. The highest BCUT2D eigenvalue weighted by Crippen LogP contribution is 2.11. The van der Waals surface area contributed by atoms with Gasteiger partial charge in [-0.2, -0.15) is 9.98 Å². The minimum absolute atomic E-state index is 0.406. The molecule has 0 saturated carbocycles. The third-order valence-corrected chi connectivity index (χ3v) is 2.13. The molecule has 0 spiro atoms. The number of hydrazine groups is 1. The average molecular weight is 212 g/mol. The number of hydrogen-bond acceptors (Lipinski definition) is 4. The van der Waals surface area contributed by atoms with Crippen molar-refractivity contribution in [1.82, 2.24) is 20.4 Å². The van der Waals surface area contributed by atoms with Gasteiger partial charge < -0.3 is 0 Å². The molecule has 1 saturated heterocycles. The van der Waals surface area contributed by atoms with Crippen molar-refractivity contribution in [3.05, 3.63) is 17.4 Å². The second kappa shape index (κ2) is 3.89. The van der Waals surface area contributed by atoms with Crippen LogP contribution in [-0.4, -0.2) is 34.4 Å². The van der Waals surface area contributed by atoms with Crippen LogP contribution in [0.5, 0.6) is 0 Å². The van der Waals surface area contributed by atoms with E-state index in [4.69, 9.17) is 11.6 Å². The smallest absolute Gasteiger partial charge is 0.252 e. The molecule has 6 heteroatoms. The van der Waals surface area contributed by atoms with Crippen molar-refractivity contribution in [1.29, 1.82) is 0 Å². The molecule has 1 aromatic heterocycles. The molecule has 0 aromatic carbocycles. The molecular formula is C8H10ClN5. The van der Waals surface area contributed by atoms with Gasteiger partial charge in [-0.15, -0.1) is 0 Å². The van der Waals surface area contributed by atoms with Crippen molar-refractivity contribution in [3.63, 3.8) is 0 Å². The zero-order chi connectivity index (χ0) is 9.97. The summed E-state index contributed by atoms with van der Waals surface area (Å²) in [6.45, 7) is 0.899. The van der Waals surface area contributed by atoms with Gasteiger partial charge in [0.25, 0.3) is 5.95 Å². The molecule has 0 aliphatic carbocycles. The fourth-order valence-corrected chi connectivity index (χ4v) is 1.35.